The molecule has 7 heteroatoms. The predicted octanol–water partition coefficient (Wildman–Crippen LogP) is 1.75. The smallest absolute Gasteiger partial charge is 0.236 e. The summed E-state index contributed by atoms with van der Waals surface area (Å²) < 4.78 is 0. The molecule has 2 saturated heterocycles. The summed E-state index contributed by atoms with van der Waals surface area (Å²) in [6, 6.07) is 8.18. The van der Waals surface area contributed by atoms with Gasteiger partial charge in [0.15, 0.2) is 0 Å². The number of benzene rings is 1. The maximum Gasteiger partial charge on any atom is 0.236 e. The largest absolute Gasteiger partial charge is 0.342 e. The first-order chi connectivity index (χ1) is 14.9. The molecule has 1 aromatic carbocycles. The monoisotopic (exact) mass is 428 g/mol. The third kappa shape index (κ3) is 6.06. The number of hydrogen-bond donors (Lipinski definition) is 0. The first-order valence-electron chi connectivity index (χ1n) is 11.5. The summed E-state index contributed by atoms with van der Waals surface area (Å²) in [4.78, 5) is 45.7. The van der Waals surface area contributed by atoms with Gasteiger partial charge >= 0.3 is 0 Å². The molecular weight excluding hydrogens is 392 g/mol. The van der Waals surface area contributed by atoms with Crippen LogP contribution in [-0.4, -0.2) is 89.7 Å². The van der Waals surface area contributed by atoms with Gasteiger partial charge in [-0.15, -0.1) is 0 Å². The molecule has 0 N–H and O–H groups in total. The van der Waals surface area contributed by atoms with Crippen molar-refractivity contribution in [1.29, 1.82) is 0 Å². The fourth-order valence-electron chi connectivity index (χ4n) is 4.48. The molecule has 1 aromatic rings. The van der Waals surface area contributed by atoms with E-state index in [-0.39, 0.29) is 23.6 Å². The summed E-state index contributed by atoms with van der Waals surface area (Å²) in [6.07, 6.45) is 1.15. The highest BCUT2D eigenvalue weighted by Crippen LogP contribution is 2.23. The van der Waals surface area contributed by atoms with Gasteiger partial charge in [0.25, 0.3) is 0 Å². The summed E-state index contributed by atoms with van der Waals surface area (Å²) in [5, 5.41) is 0. The maximum atomic E-state index is 13.1. The average molecular weight is 429 g/mol. The Morgan fingerprint density at radius 3 is 2.42 bits per heavy atom. The van der Waals surface area contributed by atoms with Crippen molar-refractivity contribution >= 4 is 17.7 Å². The Balaban J connectivity index is 1.51. The van der Waals surface area contributed by atoms with E-state index in [9.17, 15) is 14.4 Å². The van der Waals surface area contributed by atoms with E-state index in [1.165, 1.54) is 5.56 Å². The van der Waals surface area contributed by atoms with Gasteiger partial charge in [-0.05, 0) is 32.8 Å². The molecule has 0 spiro atoms. The van der Waals surface area contributed by atoms with Crippen molar-refractivity contribution in [3.05, 3.63) is 35.4 Å². The van der Waals surface area contributed by atoms with Crippen molar-refractivity contribution in [2.24, 2.45) is 5.92 Å². The topological polar surface area (TPSA) is 64.2 Å². The van der Waals surface area contributed by atoms with Crippen LogP contribution in [-0.2, 0) is 20.9 Å². The fraction of sp³-hybridized carbons (Fsp3) is 0.625. The summed E-state index contributed by atoms with van der Waals surface area (Å²) in [6.45, 7) is 11.8. The van der Waals surface area contributed by atoms with Gasteiger partial charge in [0.05, 0.1) is 12.5 Å². The number of hydrogen-bond acceptors (Lipinski definition) is 4. The van der Waals surface area contributed by atoms with Crippen LogP contribution in [0.4, 0.5) is 0 Å². The molecule has 0 radical (unpaired) electrons. The number of likely N-dealkylation sites (tertiary alicyclic amines) is 1. The lowest BCUT2D eigenvalue weighted by Crippen LogP contribution is -2.43. The maximum absolute atomic E-state index is 13.1. The molecule has 170 valence electrons. The number of likely N-dealkylation sites (N-methyl/N-ethyl adjacent to an activating group) is 1. The normalized spacial score (nSPS) is 20.1. The van der Waals surface area contributed by atoms with Crippen LogP contribution in [0.15, 0.2) is 24.3 Å². The molecule has 31 heavy (non-hydrogen) atoms. The lowest BCUT2D eigenvalue weighted by molar-refractivity contribution is -0.135. The highest BCUT2D eigenvalue weighted by Gasteiger charge is 2.36. The molecule has 3 amide bonds. The Hall–Kier alpha value is -2.41. The molecule has 0 aliphatic carbocycles. The summed E-state index contributed by atoms with van der Waals surface area (Å²) >= 11 is 0. The zero-order valence-electron chi connectivity index (χ0n) is 19.2. The fourth-order valence-corrected chi connectivity index (χ4v) is 4.48. The first-order valence-corrected chi connectivity index (χ1v) is 11.5. The van der Waals surface area contributed by atoms with Crippen LogP contribution in [0.1, 0.15) is 37.8 Å². The molecule has 0 saturated carbocycles. The first kappa shape index (κ1) is 23.3. The zero-order chi connectivity index (χ0) is 22.4. The Labute approximate surface area is 186 Å². The van der Waals surface area contributed by atoms with Crippen LogP contribution in [0.5, 0.6) is 0 Å². The van der Waals surface area contributed by atoms with Gasteiger partial charge in [-0.1, -0.05) is 29.8 Å². The summed E-state index contributed by atoms with van der Waals surface area (Å²) in [7, 11) is 0. The van der Waals surface area contributed by atoms with Crippen LogP contribution in [0.3, 0.4) is 0 Å². The minimum atomic E-state index is -0.262. The highest BCUT2D eigenvalue weighted by atomic mass is 16.2. The van der Waals surface area contributed by atoms with Gasteiger partial charge in [0.2, 0.25) is 17.7 Å². The number of carbonyl (C=O) groups is 3. The second-order valence-electron chi connectivity index (χ2n) is 8.68. The van der Waals surface area contributed by atoms with Crippen LogP contribution in [0, 0.1) is 12.8 Å². The minimum absolute atomic E-state index is 0.0557. The Morgan fingerprint density at radius 1 is 1.03 bits per heavy atom. The molecule has 2 heterocycles. The van der Waals surface area contributed by atoms with Crippen molar-refractivity contribution in [3.8, 4) is 0 Å². The molecule has 3 rings (SSSR count). The van der Waals surface area contributed by atoms with E-state index < -0.39 is 0 Å². The Morgan fingerprint density at radius 2 is 1.74 bits per heavy atom. The van der Waals surface area contributed by atoms with Gasteiger partial charge in [0, 0.05) is 58.8 Å². The van der Waals surface area contributed by atoms with E-state index in [1.54, 1.807) is 4.90 Å². The van der Waals surface area contributed by atoms with E-state index in [0.29, 0.717) is 45.7 Å². The van der Waals surface area contributed by atoms with Crippen molar-refractivity contribution in [1.82, 2.24) is 19.6 Å². The van der Waals surface area contributed by atoms with E-state index in [2.05, 4.69) is 4.90 Å². The Bertz CT molecular complexity index is 776. The van der Waals surface area contributed by atoms with Gasteiger partial charge < -0.3 is 14.7 Å². The zero-order valence-corrected chi connectivity index (χ0v) is 19.2. The van der Waals surface area contributed by atoms with E-state index in [4.69, 9.17) is 0 Å². The predicted molar refractivity (Wildman–Crippen MR) is 120 cm³/mol. The molecule has 2 aliphatic rings. The number of carbonyl (C=O) groups excluding carboxylic acids is 3. The van der Waals surface area contributed by atoms with E-state index in [1.807, 2.05) is 54.8 Å². The van der Waals surface area contributed by atoms with Gasteiger partial charge in [-0.25, -0.2) is 0 Å². The second-order valence-corrected chi connectivity index (χ2v) is 8.68. The number of aryl methyl sites for hydroxylation is 1. The average Bonchev–Trinajstić information content (AvgIpc) is 2.96. The molecular formula is C24H36N4O3. The van der Waals surface area contributed by atoms with E-state index in [0.717, 1.165) is 31.6 Å². The standard InChI is InChI=1S/C24H36N4O3/c1-4-26(5-2)23(30)18-25-11-6-12-27(14-13-25)24(31)21-15-22(29)28(17-21)16-20-9-7-19(3)8-10-20/h7-10,21H,4-6,11-18H2,1-3H3. The van der Waals surface area contributed by atoms with Crippen molar-refractivity contribution in [2.75, 3.05) is 52.4 Å². The number of amides is 3. The summed E-state index contributed by atoms with van der Waals surface area (Å²) in [5.74, 6) is 0.0246. The van der Waals surface area contributed by atoms with Gasteiger partial charge in [-0.2, -0.15) is 0 Å². The number of nitrogens with zero attached hydrogens (tertiary/aromatic N) is 4. The molecule has 2 aliphatic heterocycles. The van der Waals surface area contributed by atoms with Crippen LogP contribution in [0.25, 0.3) is 0 Å². The lowest BCUT2D eigenvalue weighted by Gasteiger charge is -2.26. The van der Waals surface area contributed by atoms with Crippen molar-refractivity contribution in [2.45, 2.75) is 40.2 Å². The molecule has 7 nitrogen and oxygen atoms in total. The van der Waals surface area contributed by atoms with Crippen LogP contribution >= 0.6 is 0 Å². The lowest BCUT2D eigenvalue weighted by atomic mass is 10.1. The van der Waals surface area contributed by atoms with Crippen molar-refractivity contribution < 1.29 is 14.4 Å². The van der Waals surface area contributed by atoms with Gasteiger partial charge in [0.1, 0.15) is 0 Å². The van der Waals surface area contributed by atoms with Crippen LogP contribution in [0.2, 0.25) is 0 Å². The SMILES string of the molecule is CCN(CC)C(=O)CN1CCCN(C(=O)C2CC(=O)N(Cc3ccc(C)cc3)C2)CC1. The Kier molecular flexibility index (Phi) is 8.07. The second kappa shape index (κ2) is 10.8. The highest BCUT2D eigenvalue weighted by molar-refractivity contribution is 5.89. The molecule has 1 unspecified atom stereocenters. The minimum Gasteiger partial charge on any atom is -0.342 e. The third-order valence-electron chi connectivity index (χ3n) is 6.43. The van der Waals surface area contributed by atoms with Crippen molar-refractivity contribution in [3.63, 3.8) is 0 Å². The quantitative estimate of drug-likeness (QED) is 0.664. The molecule has 0 aromatic heterocycles. The molecule has 1 atom stereocenters. The van der Waals surface area contributed by atoms with Crippen LogP contribution < -0.4 is 0 Å². The summed E-state index contributed by atoms with van der Waals surface area (Å²) in [5.41, 5.74) is 2.29. The number of rotatable bonds is 7. The van der Waals surface area contributed by atoms with E-state index >= 15 is 0 Å². The molecule has 0 bridgehead atoms. The van der Waals surface area contributed by atoms with Gasteiger partial charge in [-0.3, -0.25) is 19.3 Å². The molecule has 2 fully saturated rings. The third-order valence-corrected chi connectivity index (χ3v) is 6.43.